The van der Waals surface area contributed by atoms with Crippen LogP contribution in [0.5, 0.6) is 0 Å². The van der Waals surface area contributed by atoms with Crippen LogP contribution < -0.4 is 5.32 Å². The number of nitrogens with one attached hydrogen (secondary N) is 1. The molecule has 0 radical (unpaired) electrons. The average molecular weight is 331 g/mol. The molecule has 1 atom stereocenters. The highest BCUT2D eigenvalue weighted by Gasteiger charge is 2.41. The third-order valence-electron chi connectivity index (χ3n) is 3.53. The summed E-state index contributed by atoms with van der Waals surface area (Å²) in [5, 5.41) is 3.08. The maximum absolute atomic E-state index is 12.6. The van der Waals surface area contributed by atoms with Gasteiger partial charge >= 0.3 is 6.18 Å². The first-order chi connectivity index (χ1) is 9.72. The third kappa shape index (κ3) is 5.39. The van der Waals surface area contributed by atoms with Crippen LogP contribution in [-0.4, -0.2) is 62.0 Å². The van der Waals surface area contributed by atoms with Crippen LogP contribution in [0.25, 0.3) is 0 Å². The first-order valence-corrected chi connectivity index (χ1v) is 8.66. The minimum absolute atomic E-state index is 0.188. The van der Waals surface area contributed by atoms with Crippen LogP contribution in [0, 0.1) is 0 Å². The number of piperidine rings is 1. The van der Waals surface area contributed by atoms with Gasteiger partial charge in [-0.15, -0.1) is 0 Å². The Hall–Kier alpha value is -0.380. The summed E-state index contributed by atoms with van der Waals surface area (Å²) in [6.45, 7) is 3.16. The highest BCUT2D eigenvalue weighted by molar-refractivity contribution is 7.86. The highest BCUT2D eigenvalue weighted by Crippen LogP contribution is 2.25. The molecule has 9 heteroatoms. The number of hydrogen-bond acceptors (Lipinski definition) is 3. The van der Waals surface area contributed by atoms with Crippen molar-refractivity contribution in [3.05, 3.63) is 0 Å². The molecule has 1 rings (SSSR count). The van der Waals surface area contributed by atoms with Crippen molar-refractivity contribution in [2.75, 3.05) is 32.7 Å². The second-order valence-electron chi connectivity index (χ2n) is 5.12. The van der Waals surface area contributed by atoms with Gasteiger partial charge in [0, 0.05) is 25.7 Å². The van der Waals surface area contributed by atoms with Gasteiger partial charge in [0.1, 0.15) is 6.54 Å². The standard InChI is InChI=1S/C12H24F3N3O2S/c1-3-16-9-11-7-5-6-8-18(11)21(19,20)17(4-2)10-12(13,14)15/h11,16H,3-10H2,1-2H3. The van der Waals surface area contributed by atoms with E-state index in [-0.39, 0.29) is 19.1 Å². The molecular formula is C12H24F3N3O2S. The Morgan fingerprint density at radius 3 is 2.48 bits per heavy atom. The summed E-state index contributed by atoms with van der Waals surface area (Å²) in [5.74, 6) is 0. The van der Waals surface area contributed by atoms with Crippen LogP contribution in [0.3, 0.4) is 0 Å². The van der Waals surface area contributed by atoms with Gasteiger partial charge in [-0.2, -0.15) is 30.2 Å². The van der Waals surface area contributed by atoms with Crippen LogP contribution in [-0.2, 0) is 10.2 Å². The molecule has 0 aromatic rings. The molecule has 0 aliphatic carbocycles. The Kier molecular flexibility index (Phi) is 6.89. The van der Waals surface area contributed by atoms with Crippen LogP contribution in [0.2, 0.25) is 0 Å². The lowest BCUT2D eigenvalue weighted by Crippen LogP contribution is -2.54. The van der Waals surface area contributed by atoms with Crippen LogP contribution >= 0.6 is 0 Å². The summed E-state index contributed by atoms with van der Waals surface area (Å²) in [7, 11) is -4.08. The summed E-state index contributed by atoms with van der Waals surface area (Å²) in [5.41, 5.74) is 0. The molecule has 1 N–H and O–H groups in total. The lowest BCUT2D eigenvalue weighted by molar-refractivity contribution is -0.136. The molecular weight excluding hydrogens is 307 g/mol. The molecule has 5 nitrogen and oxygen atoms in total. The van der Waals surface area contributed by atoms with Gasteiger partial charge in [-0.05, 0) is 19.4 Å². The van der Waals surface area contributed by atoms with Crippen molar-refractivity contribution in [2.24, 2.45) is 0 Å². The Labute approximate surface area is 124 Å². The molecule has 126 valence electrons. The number of halogens is 3. The van der Waals surface area contributed by atoms with Crippen molar-refractivity contribution < 1.29 is 21.6 Å². The Morgan fingerprint density at radius 1 is 1.29 bits per heavy atom. The zero-order valence-electron chi connectivity index (χ0n) is 12.5. The predicted molar refractivity (Wildman–Crippen MR) is 75.1 cm³/mol. The van der Waals surface area contributed by atoms with Crippen molar-refractivity contribution in [2.45, 2.75) is 45.3 Å². The molecule has 1 aliphatic rings. The van der Waals surface area contributed by atoms with Gasteiger partial charge in [0.05, 0.1) is 0 Å². The summed E-state index contributed by atoms with van der Waals surface area (Å²) >= 11 is 0. The predicted octanol–water partition coefficient (Wildman–Crippen LogP) is 1.58. The molecule has 0 bridgehead atoms. The van der Waals surface area contributed by atoms with Gasteiger partial charge in [-0.25, -0.2) is 0 Å². The molecule has 0 aromatic heterocycles. The highest BCUT2D eigenvalue weighted by atomic mass is 32.2. The first kappa shape index (κ1) is 18.7. The molecule has 0 amide bonds. The van der Waals surface area contributed by atoms with Gasteiger partial charge in [0.2, 0.25) is 0 Å². The van der Waals surface area contributed by atoms with E-state index in [1.165, 1.54) is 11.2 Å². The quantitative estimate of drug-likeness (QED) is 0.771. The molecule has 0 spiro atoms. The number of nitrogens with zero attached hydrogens (tertiary/aromatic N) is 2. The van der Waals surface area contributed by atoms with E-state index in [1.54, 1.807) is 0 Å². The smallest absolute Gasteiger partial charge is 0.315 e. The average Bonchev–Trinajstić information content (AvgIpc) is 2.41. The largest absolute Gasteiger partial charge is 0.402 e. The summed E-state index contributed by atoms with van der Waals surface area (Å²) in [4.78, 5) is 0. The monoisotopic (exact) mass is 331 g/mol. The lowest BCUT2D eigenvalue weighted by atomic mass is 10.1. The van der Waals surface area contributed by atoms with E-state index in [1.807, 2.05) is 6.92 Å². The molecule has 21 heavy (non-hydrogen) atoms. The van der Waals surface area contributed by atoms with Crippen LogP contribution in [0.15, 0.2) is 0 Å². The van der Waals surface area contributed by atoms with Gasteiger partial charge in [-0.3, -0.25) is 0 Å². The van der Waals surface area contributed by atoms with Gasteiger partial charge in [-0.1, -0.05) is 20.3 Å². The fraction of sp³-hybridized carbons (Fsp3) is 1.00. The number of rotatable bonds is 7. The van der Waals surface area contributed by atoms with Crippen molar-refractivity contribution in [3.63, 3.8) is 0 Å². The molecule has 1 fully saturated rings. The van der Waals surface area contributed by atoms with Gasteiger partial charge in [0.25, 0.3) is 10.2 Å². The molecule has 1 saturated heterocycles. The third-order valence-corrected chi connectivity index (χ3v) is 5.65. The summed E-state index contributed by atoms with van der Waals surface area (Å²) in [6.07, 6.45) is -2.27. The minimum Gasteiger partial charge on any atom is -0.315 e. The maximum atomic E-state index is 12.6. The van der Waals surface area contributed by atoms with E-state index in [9.17, 15) is 21.6 Å². The number of likely N-dealkylation sites (N-methyl/N-ethyl adjacent to an activating group) is 1. The second kappa shape index (κ2) is 7.75. The van der Waals surface area contributed by atoms with Crippen molar-refractivity contribution in [1.29, 1.82) is 0 Å². The van der Waals surface area contributed by atoms with E-state index in [2.05, 4.69) is 5.32 Å². The van der Waals surface area contributed by atoms with Crippen LogP contribution in [0.4, 0.5) is 13.2 Å². The Morgan fingerprint density at radius 2 is 1.95 bits per heavy atom. The Balaban J connectivity index is 2.90. The number of alkyl halides is 3. The first-order valence-electron chi connectivity index (χ1n) is 7.26. The van der Waals surface area contributed by atoms with Crippen molar-refractivity contribution >= 4 is 10.2 Å². The summed E-state index contributed by atoms with van der Waals surface area (Å²) in [6, 6.07) is -0.272. The fourth-order valence-electron chi connectivity index (χ4n) is 2.50. The molecule has 0 saturated carbocycles. The maximum Gasteiger partial charge on any atom is 0.402 e. The zero-order chi connectivity index (χ0) is 16.1. The van der Waals surface area contributed by atoms with Crippen LogP contribution in [0.1, 0.15) is 33.1 Å². The fourth-order valence-corrected chi connectivity index (χ4v) is 4.35. The molecule has 1 unspecified atom stereocenters. The SMILES string of the molecule is CCNCC1CCCCN1S(=O)(=O)N(CC)CC(F)(F)F. The van der Waals surface area contributed by atoms with Gasteiger partial charge in [0.15, 0.2) is 0 Å². The minimum atomic E-state index is -4.53. The topological polar surface area (TPSA) is 52.7 Å². The zero-order valence-corrected chi connectivity index (χ0v) is 13.3. The second-order valence-corrected chi connectivity index (χ2v) is 7.00. The van der Waals surface area contributed by atoms with E-state index in [4.69, 9.17) is 0 Å². The van der Waals surface area contributed by atoms with Crippen molar-refractivity contribution in [3.8, 4) is 0 Å². The van der Waals surface area contributed by atoms with Crippen molar-refractivity contribution in [1.82, 2.24) is 13.9 Å². The molecule has 0 aromatic carbocycles. The molecule has 1 heterocycles. The lowest BCUT2D eigenvalue weighted by Gasteiger charge is -2.38. The van der Waals surface area contributed by atoms with Gasteiger partial charge < -0.3 is 5.32 Å². The Bertz CT molecular complexity index is 414. The number of hydrogen-bond donors (Lipinski definition) is 1. The molecule has 1 aliphatic heterocycles. The summed E-state index contributed by atoms with van der Waals surface area (Å²) < 4.78 is 64.4. The van der Waals surface area contributed by atoms with E-state index in [0.29, 0.717) is 30.2 Å². The van der Waals surface area contributed by atoms with E-state index >= 15 is 0 Å². The normalized spacial score (nSPS) is 21.9. The van der Waals surface area contributed by atoms with E-state index < -0.39 is 22.9 Å². The van der Waals surface area contributed by atoms with E-state index in [0.717, 1.165) is 6.42 Å².